The largest absolute Gasteiger partial charge is 0.354 e. The fourth-order valence-electron chi connectivity index (χ4n) is 3.67. The number of aryl methyl sites for hydroxylation is 1. The molecule has 0 heterocycles. The Kier molecular flexibility index (Phi) is 10.7. The van der Waals surface area contributed by atoms with E-state index < -0.39 is 16.1 Å². The second-order valence-electron chi connectivity index (χ2n) is 8.57. The first-order valence-corrected chi connectivity index (χ1v) is 13.8. The Hall–Kier alpha value is -2.94. The van der Waals surface area contributed by atoms with E-state index in [0.29, 0.717) is 17.8 Å². The Labute approximate surface area is 208 Å². The van der Waals surface area contributed by atoms with Gasteiger partial charge >= 0.3 is 0 Å². The highest BCUT2D eigenvalue weighted by atomic mass is 32.2. The van der Waals surface area contributed by atoms with Crippen molar-refractivity contribution in [3.8, 4) is 0 Å². The van der Waals surface area contributed by atoms with Crippen LogP contribution in [0, 0.1) is 5.82 Å². The lowest BCUT2D eigenvalue weighted by Crippen LogP contribution is -2.47. The number of hydrogen-bond acceptors (Lipinski definition) is 4. The third-order valence-corrected chi connectivity index (χ3v) is 6.96. The van der Waals surface area contributed by atoms with Crippen LogP contribution in [0.2, 0.25) is 0 Å². The van der Waals surface area contributed by atoms with Gasteiger partial charge in [-0.2, -0.15) is 0 Å². The number of anilines is 1. The summed E-state index contributed by atoms with van der Waals surface area (Å²) in [6.07, 6.45) is 3.10. The number of rotatable bonds is 13. The fraction of sp³-hybridized carbons (Fsp3) is 0.462. The van der Waals surface area contributed by atoms with Crippen LogP contribution in [0.4, 0.5) is 10.1 Å². The van der Waals surface area contributed by atoms with Crippen molar-refractivity contribution in [1.29, 1.82) is 0 Å². The van der Waals surface area contributed by atoms with Crippen molar-refractivity contribution in [3.63, 3.8) is 0 Å². The summed E-state index contributed by atoms with van der Waals surface area (Å²) in [4.78, 5) is 27.2. The summed E-state index contributed by atoms with van der Waals surface area (Å²) in [6, 6.07) is 12.4. The van der Waals surface area contributed by atoms with Crippen LogP contribution in [0.5, 0.6) is 0 Å². The summed E-state index contributed by atoms with van der Waals surface area (Å²) in [5.74, 6) is -0.924. The van der Waals surface area contributed by atoms with Gasteiger partial charge in [-0.15, -0.1) is 0 Å². The van der Waals surface area contributed by atoms with E-state index in [-0.39, 0.29) is 43.6 Å². The predicted octanol–water partition coefficient (Wildman–Crippen LogP) is 3.88. The standard InChI is InChI=1S/C26H36FN3O4S/c1-5-17-28-26(32)20(3)29(19-22-9-13-23(27)14-10-22)25(31)8-7-18-30(35(4,33)34)24-15-11-21(6-2)12-16-24/h9-16,20H,5-8,17-19H2,1-4H3,(H,28,32)/t20-/m1/s1. The van der Waals surface area contributed by atoms with Gasteiger partial charge in [0.2, 0.25) is 21.8 Å². The average Bonchev–Trinajstić information content (AvgIpc) is 2.83. The number of halogens is 1. The molecule has 7 nitrogen and oxygen atoms in total. The van der Waals surface area contributed by atoms with Crippen LogP contribution < -0.4 is 9.62 Å². The maximum atomic E-state index is 13.3. The number of carbonyl (C=O) groups excluding carboxylic acids is 2. The van der Waals surface area contributed by atoms with E-state index in [1.807, 2.05) is 26.0 Å². The first-order chi connectivity index (χ1) is 16.6. The molecule has 0 aliphatic carbocycles. The zero-order valence-corrected chi connectivity index (χ0v) is 21.8. The van der Waals surface area contributed by atoms with Crippen molar-refractivity contribution in [1.82, 2.24) is 10.2 Å². The van der Waals surface area contributed by atoms with Crippen molar-refractivity contribution in [2.45, 2.75) is 59.0 Å². The number of hydrogen-bond donors (Lipinski definition) is 1. The summed E-state index contributed by atoms with van der Waals surface area (Å²) in [7, 11) is -3.54. The van der Waals surface area contributed by atoms with Crippen LogP contribution >= 0.6 is 0 Å². The summed E-state index contributed by atoms with van der Waals surface area (Å²) < 4.78 is 39.4. The normalized spacial score (nSPS) is 12.1. The van der Waals surface area contributed by atoms with Crippen LogP contribution in [-0.2, 0) is 32.6 Å². The van der Waals surface area contributed by atoms with Gasteiger partial charge < -0.3 is 10.2 Å². The van der Waals surface area contributed by atoms with Crippen LogP contribution in [0.25, 0.3) is 0 Å². The number of nitrogens with one attached hydrogen (secondary N) is 1. The lowest BCUT2D eigenvalue weighted by atomic mass is 10.1. The molecule has 0 radical (unpaired) electrons. The second kappa shape index (κ2) is 13.2. The maximum Gasteiger partial charge on any atom is 0.242 e. The van der Waals surface area contributed by atoms with Gasteiger partial charge in [0.05, 0.1) is 11.9 Å². The van der Waals surface area contributed by atoms with Crippen molar-refractivity contribution >= 4 is 27.5 Å². The lowest BCUT2D eigenvalue weighted by Gasteiger charge is -2.29. The molecule has 1 atom stereocenters. The first-order valence-electron chi connectivity index (χ1n) is 11.9. The van der Waals surface area contributed by atoms with Gasteiger partial charge in [-0.1, -0.05) is 38.1 Å². The molecule has 2 rings (SSSR count). The molecule has 2 aromatic rings. The Morgan fingerprint density at radius 3 is 2.14 bits per heavy atom. The van der Waals surface area contributed by atoms with Crippen LogP contribution in [0.3, 0.4) is 0 Å². The zero-order valence-electron chi connectivity index (χ0n) is 21.0. The molecule has 1 N–H and O–H groups in total. The van der Waals surface area contributed by atoms with E-state index in [9.17, 15) is 22.4 Å². The molecule has 0 fully saturated rings. The van der Waals surface area contributed by atoms with Crippen molar-refractivity contribution in [3.05, 3.63) is 65.5 Å². The smallest absolute Gasteiger partial charge is 0.242 e. The van der Waals surface area contributed by atoms with Gasteiger partial charge in [0.1, 0.15) is 11.9 Å². The molecule has 2 aromatic carbocycles. The monoisotopic (exact) mass is 505 g/mol. The van der Waals surface area contributed by atoms with E-state index in [2.05, 4.69) is 5.32 Å². The average molecular weight is 506 g/mol. The Balaban J connectivity index is 2.14. The third-order valence-electron chi connectivity index (χ3n) is 5.77. The van der Waals surface area contributed by atoms with E-state index in [1.54, 1.807) is 31.2 Å². The second-order valence-corrected chi connectivity index (χ2v) is 10.5. The summed E-state index contributed by atoms with van der Waals surface area (Å²) in [5.41, 5.74) is 2.35. The minimum Gasteiger partial charge on any atom is -0.354 e. The van der Waals surface area contributed by atoms with Gasteiger partial charge in [-0.05, 0) is 61.6 Å². The Morgan fingerprint density at radius 1 is 1.00 bits per heavy atom. The van der Waals surface area contributed by atoms with E-state index in [0.717, 1.165) is 24.7 Å². The summed E-state index contributed by atoms with van der Waals surface area (Å²) in [5, 5.41) is 2.81. The van der Waals surface area contributed by atoms with E-state index >= 15 is 0 Å². The molecule has 0 aliphatic heterocycles. The molecule has 0 saturated carbocycles. The van der Waals surface area contributed by atoms with Gasteiger partial charge in [-0.25, -0.2) is 12.8 Å². The topological polar surface area (TPSA) is 86.8 Å². The van der Waals surface area contributed by atoms with Crippen LogP contribution in [0.1, 0.15) is 51.2 Å². The molecule has 0 unspecified atom stereocenters. The predicted molar refractivity (Wildman–Crippen MR) is 137 cm³/mol. The van der Waals surface area contributed by atoms with Crippen LogP contribution in [0.15, 0.2) is 48.5 Å². The molecule has 9 heteroatoms. The number of sulfonamides is 1. The molecule has 0 aliphatic rings. The van der Waals surface area contributed by atoms with Gasteiger partial charge in [0.15, 0.2) is 0 Å². The fourth-order valence-corrected chi connectivity index (χ4v) is 4.63. The zero-order chi connectivity index (χ0) is 26.0. The van der Waals surface area contributed by atoms with E-state index in [1.165, 1.54) is 21.3 Å². The van der Waals surface area contributed by atoms with Crippen molar-refractivity contribution in [2.24, 2.45) is 0 Å². The summed E-state index contributed by atoms with van der Waals surface area (Å²) in [6.45, 7) is 6.41. The quantitative estimate of drug-likeness (QED) is 0.448. The van der Waals surface area contributed by atoms with Gasteiger partial charge in [0.25, 0.3) is 0 Å². The maximum absolute atomic E-state index is 13.3. The van der Waals surface area contributed by atoms with Crippen LogP contribution in [-0.4, -0.2) is 50.5 Å². The molecule has 2 amide bonds. The Bertz CT molecular complexity index is 1070. The molecule has 0 spiro atoms. The molecule has 192 valence electrons. The molecule has 0 aromatic heterocycles. The summed E-state index contributed by atoms with van der Waals surface area (Å²) >= 11 is 0. The van der Waals surface area contributed by atoms with Gasteiger partial charge in [-0.3, -0.25) is 13.9 Å². The Morgan fingerprint density at radius 2 is 1.60 bits per heavy atom. The minimum absolute atomic E-state index is 0.0612. The lowest BCUT2D eigenvalue weighted by molar-refractivity contribution is -0.140. The molecule has 0 saturated heterocycles. The molecular formula is C26H36FN3O4S. The SMILES string of the molecule is CCCNC(=O)[C@@H](C)N(Cc1ccc(F)cc1)C(=O)CCCN(c1ccc(CC)cc1)S(C)(=O)=O. The number of amides is 2. The van der Waals surface area contributed by atoms with E-state index in [4.69, 9.17) is 0 Å². The van der Waals surface area contributed by atoms with Crippen molar-refractivity contribution in [2.75, 3.05) is 23.7 Å². The third kappa shape index (κ3) is 8.65. The highest BCUT2D eigenvalue weighted by Crippen LogP contribution is 2.20. The molecular weight excluding hydrogens is 469 g/mol. The number of carbonyl (C=O) groups is 2. The highest BCUT2D eigenvalue weighted by molar-refractivity contribution is 7.92. The molecule has 35 heavy (non-hydrogen) atoms. The van der Waals surface area contributed by atoms with Crippen molar-refractivity contribution < 1.29 is 22.4 Å². The first kappa shape index (κ1) is 28.3. The highest BCUT2D eigenvalue weighted by Gasteiger charge is 2.26. The minimum atomic E-state index is -3.54. The number of benzene rings is 2. The number of nitrogens with zero attached hydrogens (tertiary/aromatic N) is 2. The molecule has 0 bridgehead atoms. The van der Waals surface area contributed by atoms with Gasteiger partial charge in [0, 0.05) is 26.1 Å².